The van der Waals surface area contributed by atoms with E-state index in [1.807, 2.05) is 27.7 Å². The number of pyridine rings is 1. The summed E-state index contributed by atoms with van der Waals surface area (Å²) in [5.41, 5.74) is 0.0646. The summed E-state index contributed by atoms with van der Waals surface area (Å²) in [5, 5.41) is 2.97. The number of hydrogen-bond acceptors (Lipinski definition) is 5. The van der Waals surface area contributed by atoms with Crippen LogP contribution < -0.4 is 16.6 Å². The predicted octanol–water partition coefficient (Wildman–Crippen LogP) is 1.77. The average Bonchev–Trinajstić information content (AvgIpc) is 2.63. The van der Waals surface area contributed by atoms with Gasteiger partial charge in [0, 0.05) is 32.0 Å². The van der Waals surface area contributed by atoms with E-state index < -0.39 is 11.2 Å². The molecular formula is C19H28N4O4. The van der Waals surface area contributed by atoms with Gasteiger partial charge in [-0.3, -0.25) is 19.1 Å². The fraction of sp³-hybridized carbons (Fsp3) is 0.579. The van der Waals surface area contributed by atoms with Gasteiger partial charge < -0.3 is 10.1 Å². The summed E-state index contributed by atoms with van der Waals surface area (Å²) in [5.74, 6) is -0.309. The lowest BCUT2D eigenvalue weighted by Crippen LogP contribution is -2.34. The molecule has 0 aliphatic rings. The van der Waals surface area contributed by atoms with Gasteiger partial charge in [-0.15, -0.1) is 0 Å². The van der Waals surface area contributed by atoms with Crippen LogP contribution in [0.15, 0.2) is 15.7 Å². The standard InChI is InChI=1S/C19H28N4O4/c1-5-9-23-16-15(18(25)22-19(23)26)13(11-14(21-16)12(3)4)17(24)20-8-7-10-27-6-2/h11-12H,5-10H2,1-4H3,(H,20,24)(H,22,25,26). The van der Waals surface area contributed by atoms with Crippen LogP contribution in [-0.2, 0) is 11.3 Å². The molecule has 0 aliphatic carbocycles. The molecule has 0 bridgehead atoms. The number of hydrogen-bond donors (Lipinski definition) is 2. The molecule has 2 heterocycles. The van der Waals surface area contributed by atoms with E-state index in [9.17, 15) is 14.4 Å². The van der Waals surface area contributed by atoms with E-state index in [4.69, 9.17) is 4.74 Å². The molecule has 8 heteroatoms. The highest BCUT2D eigenvalue weighted by Crippen LogP contribution is 2.19. The molecule has 0 aromatic carbocycles. The molecular weight excluding hydrogens is 348 g/mol. The number of carbonyl (C=O) groups excluding carboxylic acids is 1. The second kappa shape index (κ2) is 9.45. The summed E-state index contributed by atoms with van der Waals surface area (Å²) in [7, 11) is 0. The van der Waals surface area contributed by atoms with Gasteiger partial charge in [0.15, 0.2) is 5.65 Å². The first-order valence-corrected chi connectivity index (χ1v) is 9.44. The number of aromatic nitrogens is 3. The molecule has 0 spiro atoms. The lowest BCUT2D eigenvalue weighted by atomic mass is 10.0. The van der Waals surface area contributed by atoms with Crippen LogP contribution in [0.5, 0.6) is 0 Å². The largest absolute Gasteiger partial charge is 0.382 e. The van der Waals surface area contributed by atoms with Crippen molar-refractivity contribution in [3.8, 4) is 0 Å². The van der Waals surface area contributed by atoms with Gasteiger partial charge in [-0.05, 0) is 31.7 Å². The number of ether oxygens (including phenoxy) is 1. The van der Waals surface area contributed by atoms with E-state index in [0.717, 1.165) is 0 Å². The molecule has 0 fully saturated rings. The Morgan fingerprint density at radius 2 is 2.07 bits per heavy atom. The van der Waals surface area contributed by atoms with Crippen molar-refractivity contribution in [3.05, 3.63) is 38.2 Å². The number of H-pyrrole nitrogens is 1. The lowest BCUT2D eigenvalue weighted by molar-refractivity contribution is 0.0945. The third-order valence-electron chi connectivity index (χ3n) is 4.21. The van der Waals surface area contributed by atoms with Crippen molar-refractivity contribution in [3.63, 3.8) is 0 Å². The number of nitrogens with zero attached hydrogens (tertiary/aromatic N) is 2. The first-order valence-electron chi connectivity index (χ1n) is 9.44. The monoisotopic (exact) mass is 376 g/mol. The zero-order chi connectivity index (χ0) is 20.0. The molecule has 0 saturated heterocycles. The average molecular weight is 376 g/mol. The minimum atomic E-state index is -0.593. The van der Waals surface area contributed by atoms with Crippen molar-refractivity contribution in [2.75, 3.05) is 19.8 Å². The van der Waals surface area contributed by atoms with Crippen molar-refractivity contribution in [2.24, 2.45) is 0 Å². The van der Waals surface area contributed by atoms with Gasteiger partial charge in [0.25, 0.3) is 11.5 Å². The Bertz CT molecular complexity index is 914. The van der Waals surface area contributed by atoms with Crippen LogP contribution in [0.2, 0.25) is 0 Å². The lowest BCUT2D eigenvalue weighted by Gasteiger charge is -2.14. The van der Waals surface area contributed by atoms with Gasteiger partial charge in [0.1, 0.15) is 0 Å². The molecule has 8 nitrogen and oxygen atoms in total. The van der Waals surface area contributed by atoms with Crippen molar-refractivity contribution in [1.82, 2.24) is 19.9 Å². The SMILES string of the molecule is CCCn1c(=O)[nH]c(=O)c2c(C(=O)NCCCOCC)cc(C(C)C)nc21. The van der Waals surface area contributed by atoms with E-state index in [1.54, 1.807) is 6.07 Å². The Labute approximate surface area is 158 Å². The van der Waals surface area contributed by atoms with Crippen LogP contribution in [0, 0.1) is 0 Å². The summed E-state index contributed by atoms with van der Waals surface area (Å²) < 4.78 is 6.69. The maximum absolute atomic E-state index is 12.8. The molecule has 0 saturated carbocycles. The van der Waals surface area contributed by atoms with Gasteiger partial charge in [-0.1, -0.05) is 20.8 Å². The maximum atomic E-state index is 12.8. The summed E-state index contributed by atoms with van der Waals surface area (Å²) in [6.45, 7) is 9.79. The van der Waals surface area contributed by atoms with E-state index in [1.165, 1.54) is 4.57 Å². The van der Waals surface area contributed by atoms with Gasteiger partial charge in [0.2, 0.25) is 0 Å². The Kier molecular flexibility index (Phi) is 7.29. The predicted molar refractivity (Wildman–Crippen MR) is 104 cm³/mol. The minimum absolute atomic E-state index is 0.0448. The number of rotatable bonds is 9. The Morgan fingerprint density at radius 3 is 2.70 bits per heavy atom. The molecule has 1 amide bonds. The highest BCUT2D eigenvalue weighted by atomic mass is 16.5. The number of carbonyl (C=O) groups is 1. The van der Waals surface area contributed by atoms with Gasteiger partial charge >= 0.3 is 5.69 Å². The second-order valence-corrected chi connectivity index (χ2v) is 6.67. The number of nitrogens with one attached hydrogen (secondary N) is 2. The molecule has 2 aromatic rings. The third kappa shape index (κ3) is 4.82. The Balaban J connectivity index is 2.53. The normalized spacial score (nSPS) is 11.3. The van der Waals surface area contributed by atoms with E-state index in [2.05, 4.69) is 15.3 Å². The van der Waals surface area contributed by atoms with Crippen molar-refractivity contribution >= 4 is 16.9 Å². The van der Waals surface area contributed by atoms with Gasteiger partial charge in [-0.2, -0.15) is 0 Å². The first kappa shape index (κ1) is 20.8. The van der Waals surface area contributed by atoms with Crippen molar-refractivity contribution in [1.29, 1.82) is 0 Å². The quantitative estimate of drug-likeness (QED) is 0.649. The van der Waals surface area contributed by atoms with Gasteiger partial charge in [-0.25, -0.2) is 9.78 Å². The maximum Gasteiger partial charge on any atom is 0.329 e. The number of fused-ring (bicyclic) bond motifs is 1. The van der Waals surface area contributed by atoms with E-state index in [-0.39, 0.29) is 28.4 Å². The molecule has 148 valence electrons. The minimum Gasteiger partial charge on any atom is -0.382 e. The summed E-state index contributed by atoms with van der Waals surface area (Å²) >= 11 is 0. The van der Waals surface area contributed by atoms with Crippen molar-refractivity contribution < 1.29 is 9.53 Å². The molecule has 0 unspecified atom stereocenters. The molecule has 2 rings (SSSR count). The topological polar surface area (TPSA) is 106 Å². The molecule has 2 aromatic heterocycles. The van der Waals surface area contributed by atoms with Crippen LogP contribution in [0.1, 0.15) is 62.5 Å². The summed E-state index contributed by atoms with van der Waals surface area (Å²) in [6, 6.07) is 1.64. The first-order chi connectivity index (χ1) is 12.9. The van der Waals surface area contributed by atoms with E-state index in [0.29, 0.717) is 44.8 Å². The fourth-order valence-electron chi connectivity index (χ4n) is 2.82. The number of aryl methyl sites for hydroxylation is 1. The third-order valence-corrected chi connectivity index (χ3v) is 4.21. The van der Waals surface area contributed by atoms with Crippen molar-refractivity contribution in [2.45, 2.75) is 53.0 Å². The van der Waals surface area contributed by atoms with Crippen LogP contribution in [0.4, 0.5) is 0 Å². The summed E-state index contributed by atoms with van der Waals surface area (Å²) in [6.07, 6.45) is 1.38. The molecule has 0 atom stereocenters. The van der Waals surface area contributed by atoms with Gasteiger partial charge in [0.05, 0.1) is 10.9 Å². The molecule has 0 aliphatic heterocycles. The second-order valence-electron chi connectivity index (χ2n) is 6.67. The highest BCUT2D eigenvalue weighted by molar-refractivity contribution is 6.05. The fourth-order valence-corrected chi connectivity index (χ4v) is 2.82. The Hall–Kier alpha value is -2.48. The summed E-state index contributed by atoms with van der Waals surface area (Å²) in [4.78, 5) is 44.3. The van der Waals surface area contributed by atoms with Crippen LogP contribution in [-0.4, -0.2) is 40.2 Å². The smallest absolute Gasteiger partial charge is 0.329 e. The van der Waals surface area contributed by atoms with Crippen LogP contribution >= 0.6 is 0 Å². The molecule has 0 radical (unpaired) electrons. The number of aromatic amines is 1. The molecule has 27 heavy (non-hydrogen) atoms. The van der Waals surface area contributed by atoms with Crippen LogP contribution in [0.25, 0.3) is 11.0 Å². The molecule has 2 N–H and O–H groups in total. The van der Waals surface area contributed by atoms with E-state index >= 15 is 0 Å². The number of amides is 1. The van der Waals surface area contributed by atoms with Crippen LogP contribution in [0.3, 0.4) is 0 Å². The zero-order valence-electron chi connectivity index (χ0n) is 16.4. The zero-order valence-corrected chi connectivity index (χ0v) is 16.4. The Morgan fingerprint density at radius 1 is 1.33 bits per heavy atom. The highest BCUT2D eigenvalue weighted by Gasteiger charge is 2.20.